The zero-order valence-corrected chi connectivity index (χ0v) is 12.1. The summed E-state index contributed by atoms with van der Waals surface area (Å²) in [5.74, 6) is -0.631. The van der Waals surface area contributed by atoms with Gasteiger partial charge in [0.1, 0.15) is 11.6 Å². The van der Waals surface area contributed by atoms with Crippen molar-refractivity contribution in [1.29, 1.82) is 0 Å². The summed E-state index contributed by atoms with van der Waals surface area (Å²) < 4.78 is 5.33. The van der Waals surface area contributed by atoms with Crippen molar-refractivity contribution in [2.45, 2.75) is 20.3 Å². The number of ether oxygens (including phenoxy) is 1. The third-order valence-corrected chi connectivity index (χ3v) is 3.73. The summed E-state index contributed by atoms with van der Waals surface area (Å²) in [4.78, 5) is 25.2. The number of benzene rings is 1. The van der Waals surface area contributed by atoms with Crippen LogP contribution in [0.2, 0.25) is 0 Å². The number of rotatable bonds is 5. The van der Waals surface area contributed by atoms with Gasteiger partial charge in [-0.1, -0.05) is 12.1 Å². The molecule has 20 heavy (non-hydrogen) atoms. The normalized spacial score (nSPS) is 15.4. The summed E-state index contributed by atoms with van der Waals surface area (Å²) in [7, 11) is 0. The highest BCUT2D eigenvalue weighted by molar-refractivity contribution is 6.00. The Hall–Kier alpha value is -1.68. The number of anilines is 1. The third-order valence-electron chi connectivity index (χ3n) is 3.73. The van der Waals surface area contributed by atoms with Gasteiger partial charge in [0.05, 0.1) is 19.1 Å². The van der Waals surface area contributed by atoms with E-state index in [1.54, 1.807) is 0 Å². The van der Waals surface area contributed by atoms with Gasteiger partial charge in [0.25, 0.3) is 0 Å². The van der Waals surface area contributed by atoms with Crippen molar-refractivity contribution in [3.63, 3.8) is 0 Å². The lowest BCUT2D eigenvalue weighted by atomic mass is 9.92. The van der Waals surface area contributed by atoms with Crippen LogP contribution >= 0.6 is 0 Å². The molecule has 4 nitrogen and oxygen atoms in total. The van der Waals surface area contributed by atoms with Crippen LogP contribution < -0.4 is 4.90 Å². The topological polar surface area (TPSA) is 46.6 Å². The Morgan fingerprint density at radius 2 is 1.65 bits per heavy atom. The smallest absolute Gasteiger partial charge is 0.140 e. The van der Waals surface area contributed by atoms with Crippen LogP contribution in [0, 0.1) is 5.92 Å². The van der Waals surface area contributed by atoms with Gasteiger partial charge in [-0.15, -0.1) is 0 Å². The highest BCUT2D eigenvalue weighted by atomic mass is 16.5. The molecule has 0 N–H and O–H groups in total. The Bertz CT molecular complexity index is 461. The maximum absolute atomic E-state index is 11.5. The molecule has 0 aliphatic carbocycles. The summed E-state index contributed by atoms with van der Waals surface area (Å²) in [6.07, 6.45) is 0.494. The second-order valence-corrected chi connectivity index (χ2v) is 5.24. The monoisotopic (exact) mass is 275 g/mol. The summed E-state index contributed by atoms with van der Waals surface area (Å²) in [5, 5.41) is 0. The van der Waals surface area contributed by atoms with Gasteiger partial charge < -0.3 is 9.64 Å². The second kappa shape index (κ2) is 6.66. The van der Waals surface area contributed by atoms with Crippen molar-refractivity contribution < 1.29 is 14.3 Å². The molecular weight excluding hydrogens is 254 g/mol. The van der Waals surface area contributed by atoms with Crippen LogP contribution in [0.3, 0.4) is 0 Å². The molecule has 0 bridgehead atoms. The zero-order valence-electron chi connectivity index (χ0n) is 12.1. The van der Waals surface area contributed by atoms with Crippen LogP contribution in [0.1, 0.15) is 19.4 Å². The van der Waals surface area contributed by atoms with E-state index in [-0.39, 0.29) is 11.6 Å². The first-order valence-electron chi connectivity index (χ1n) is 7.00. The highest BCUT2D eigenvalue weighted by Gasteiger charge is 2.20. The van der Waals surface area contributed by atoms with E-state index in [2.05, 4.69) is 17.0 Å². The summed E-state index contributed by atoms with van der Waals surface area (Å²) in [5.41, 5.74) is 2.19. The van der Waals surface area contributed by atoms with Crippen molar-refractivity contribution in [2.24, 2.45) is 5.92 Å². The second-order valence-electron chi connectivity index (χ2n) is 5.24. The molecule has 1 aliphatic rings. The minimum absolute atomic E-state index is 0.0604. The minimum atomic E-state index is -0.510. The Morgan fingerprint density at radius 1 is 1.10 bits per heavy atom. The van der Waals surface area contributed by atoms with Crippen molar-refractivity contribution in [3.8, 4) is 0 Å². The molecule has 0 atom stereocenters. The van der Waals surface area contributed by atoms with E-state index in [9.17, 15) is 9.59 Å². The predicted molar refractivity (Wildman–Crippen MR) is 78.0 cm³/mol. The average molecular weight is 275 g/mol. The molecule has 1 aromatic carbocycles. The largest absolute Gasteiger partial charge is 0.378 e. The van der Waals surface area contributed by atoms with Gasteiger partial charge in [-0.25, -0.2) is 0 Å². The molecule has 2 rings (SSSR count). The van der Waals surface area contributed by atoms with Crippen molar-refractivity contribution in [1.82, 2.24) is 0 Å². The number of Topliss-reactive ketones (excluding diaryl/α,β-unsaturated/α-hetero) is 2. The zero-order chi connectivity index (χ0) is 14.5. The molecule has 4 heteroatoms. The van der Waals surface area contributed by atoms with E-state index in [1.165, 1.54) is 19.5 Å². The van der Waals surface area contributed by atoms with Gasteiger partial charge in [-0.3, -0.25) is 9.59 Å². The van der Waals surface area contributed by atoms with Crippen molar-refractivity contribution in [2.75, 3.05) is 31.2 Å². The van der Waals surface area contributed by atoms with E-state index in [0.29, 0.717) is 6.42 Å². The van der Waals surface area contributed by atoms with Crippen molar-refractivity contribution >= 4 is 17.3 Å². The lowest BCUT2D eigenvalue weighted by Gasteiger charge is -2.29. The number of hydrogen-bond donors (Lipinski definition) is 0. The van der Waals surface area contributed by atoms with E-state index >= 15 is 0 Å². The molecule has 1 heterocycles. The summed E-state index contributed by atoms with van der Waals surface area (Å²) in [6, 6.07) is 8.11. The van der Waals surface area contributed by atoms with E-state index in [0.717, 1.165) is 31.9 Å². The number of carbonyl (C=O) groups excluding carboxylic acids is 2. The molecule has 0 unspecified atom stereocenters. The molecular formula is C16H21NO3. The number of nitrogens with zero attached hydrogens (tertiary/aromatic N) is 1. The molecule has 0 radical (unpaired) electrons. The molecule has 1 aromatic rings. The average Bonchev–Trinajstić information content (AvgIpc) is 2.45. The highest BCUT2D eigenvalue weighted by Crippen LogP contribution is 2.19. The lowest BCUT2D eigenvalue weighted by molar-refractivity contribution is -0.130. The standard InChI is InChI=1S/C16H21NO3/c1-12(18)16(13(2)19)11-14-3-5-15(6-4-14)17-7-9-20-10-8-17/h3-6,16H,7-11H2,1-2H3. The van der Waals surface area contributed by atoms with Crippen LogP contribution in [0.4, 0.5) is 5.69 Å². The molecule has 1 saturated heterocycles. The Labute approximate surface area is 119 Å². The fourth-order valence-corrected chi connectivity index (χ4v) is 2.47. The van der Waals surface area contributed by atoms with Crippen LogP contribution in [0.15, 0.2) is 24.3 Å². The fourth-order valence-electron chi connectivity index (χ4n) is 2.47. The first kappa shape index (κ1) is 14.7. The molecule has 0 amide bonds. The number of ketones is 2. The molecule has 0 aromatic heterocycles. The fraction of sp³-hybridized carbons (Fsp3) is 0.500. The van der Waals surface area contributed by atoms with Gasteiger partial charge in [-0.05, 0) is 38.0 Å². The van der Waals surface area contributed by atoms with Gasteiger partial charge >= 0.3 is 0 Å². The predicted octanol–water partition coefficient (Wildman–Crippen LogP) is 1.86. The maximum atomic E-state index is 11.5. The minimum Gasteiger partial charge on any atom is -0.378 e. The van der Waals surface area contributed by atoms with Crippen LogP contribution in [-0.4, -0.2) is 37.9 Å². The third kappa shape index (κ3) is 3.67. The summed E-state index contributed by atoms with van der Waals surface area (Å²) in [6.45, 7) is 6.30. The van der Waals surface area contributed by atoms with Crippen LogP contribution in [0.25, 0.3) is 0 Å². The molecule has 0 saturated carbocycles. The van der Waals surface area contributed by atoms with Gasteiger partial charge in [0.2, 0.25) is 0 Å². The first-order valence-corrected chi connectivity index (χ1v) is 7.00. The maximum Gasteiger partial charge on any atom is 0.140 e. The van der Waals surface area contributed by atoms with Crippen molar-refractivity contribution in [3.05, 3.63) is 29.8 Å². The Kier molecular flexibility index (Phi) is 4.90. The Morgan fingerprint density at radius 3 is 2.15 bits per heavy atom. The van der Waals surface area contributed by atoms with E-state index in [1.807, 2.05) is 12.1 Å². The number of morpholine rings is 1. The lowest BCUT2D eigenvalue weighted by Crippen LogP contribution is -2.36. The van der Waals surface area contributed by atoms with Gasteiger partial charge in [0, 0.05) is 18.8 Å². The first-order chi connectivity index (χ1) is 9.58. The SMILES string of the molecule is CC(=O)C(Cc1ccc(N2CCOCC2)cc1)C(C)=O. The summed E-state index contributed by atoms with van der Waals surface area (Å²) >= 11 is 0. The molecule has 108 valence electrons. The number of carbonyl (C=O) groups is 2. The Balaban J connectivity index is 2.03. The van der Waals surface area contributed by atoms with Crippen LogP contribution in [-0.2, 0) is 20.7 Å². The van der Waals surface area contributed by atoms with Gasteiger partial charge in [0.15, 0.2) is 0 Å². The molecule has 1 fully saturated rings. The molecule has 0 spiro atoms. The van der Waals surface area contributed by atoms with E-state index < -0.39 is 5.92 Å². The quantitative estimate of drug-likeness (QED) is 0.770. The van der Waals surface area contributed by atoms with Crippen LogP contribution in [0.5, 0.6) is 0 Å². The number of hydrogen-bond acceptors (Lipinski definition) is 4. The van der Waals surface area contributed by atoms with E-state index in [4.69, 9.17) is 4.74 Å². The molecule has 1 aliphatic heterocycles. The van der Waals surface area contributed by atoms with Gasteiger partial charge in [-0.2, -0.15) is 0 Å².